The topological polar surface area (TPSA) is 64.4 Å². The molecule has 2 aromatic rings. The Balaban J connectivity index is 1.35. The van der Waals surface area contributed by atoms with Crippen LogP contribution < -0.4 is 4.72 Å². The molecule has 2 heterocycles. The Hall–Kier alpha value is -3.03. The predicted molar refractivity (Wildman–Crippen MR) is 169 cm³/mol. The van der Waals surface area contributed by atoms with Crippen LogP contribution in [0.1, 0.15) is 83.8 Å². The van der Waals surface area contributed by atoms with Gasteiger partial charge in [0.2, 0.25) is 5.90 Å². The SMILES string of the molecule is CCCCC1=NC2(CCCC2)C(OCc2ccc(-c3ccccc3SNC3=CCOC(C)=C3C)c(COCC)c2)=N1. The van der Waals surface area contributed by atoms with Crippen LogP contribution in [0.2, 0.25) is 0 Å². The van der Waals surface area contributed by atoms with Crippen molar-refractivity contribution in [2.24, 2.45) is 9.98 Å². The zero-order valence-electron chi connectivity index (χ0n) is 24.9. The number of ether oxygens (including phenoxy) is 3. The molecule has 1 aliphatic carbocycles. The number of nitrogens with zero attached hydrogens (tertiary/aromatic N) is 2. The number of nitrogens with one attached hydrogen (secondary N) is 1. The third-order valence-electron chi connectivity index (χ3n) is 8.13. The summed E-state index contributed by atoms with van der Waals surface area (Å²) in [6.45, 7) is 10.6. The molecule has 5 rings (SSSR count). The fourth-order valence-corrected chi connectivity index (χ4v) is 6.52. The van der Waals surface area contributed by atoms with Gasteiger partial charge in [-0.05, 0) is 92.4 Å². The van der Waals surface area contributed by atoms with Gasteiger partial charge in [0, 0.05) is 29.2 Å². The quantitative estimate of drug-likeness (QED) is 0.258. The molecule has 1 saturated carbocycles. The van der Waals surface area contributed by atoms with Crippen LogP contribution in [-0.2, 0) is 27.4 Å². The van der Waals surface area contributed by atoms with Gasteiger partial charge in [0.25, 0.3) is 0 Å². The van der Waals surface area contributed by atoms with Gasteiger partial charge in [-0.3, -0.25) is 4.99 Å². The lowest BCUT2D eigenvalue weighted by Crippen LogP contribution is -2.32. The van der Waals surface area contributed by atoms with Gasteiger partial charge in [0.05, 0.1) is 12.4 Å². The summed E-state index contributed by atoms with van der Waals surface area (Å²) in [6, 6.07) is 15.1. The van der Waals surface area contributed by atoms with E-state index in [-0.39, 0.29) is 5.54 Å². The van der Waals surface area contributed by atoms with E-state index in [0.29, 0.717) is 26.4 Å². The Morgan fingerprint density at radius 2 is 1.85 bits per heavy atom. The first-order valence-electron chi connectivity index (χ1n) is 15.1. The number of hydrogen-bond acceptors (Lipinski definition) is 7. The van der Waals surface area contributed by atoms with Crippen molar-refractivity contribution in [3.05, 3.63) is 76.7 Å². The molecule has 2 aliphatic heterocycles. The smallest absolute Gasteiger partial charge is 0.218 e. The summed E-state index contributed by atoms with van der Waals surface area (Å²) in [4.78, 5) is 11.1. The second kappa shape index (κ2) is 13.8. The number of allylic oxidation sites excluding steroid dienone is 2. The summed E-state index contributed by atoms with van der Waals surface area (Å²) in [6.07, 6.45) is 9.74. The number of hydrogen-bond donors (Lipinski definition) is 1. The minimum absolute atomic E-state index is 0.230. The maximum atomic E-state index is 6.45. The number of aliphatic imine (C=N–C) groups is 2. The summed E-state index contributed by atoms with van der Waals surface area (Å²) in [5.41, 5.74) is 6.63. The predicted octanol–water partition coefficient (Wildman–Crippen LogP) is 8.53. The molecule has 1 fully saturated rings. The van der Waals surface area contributed by atoms with E-state index >= 15 is 0 Å². The molecule has 6 nitrogen and oxygen atoms in total. The molecule has 0 bridgehead atoms. The molecule has 3 aliphatic rings. The van der Waals surface area contributed by atoms with Crippen LogP contribution in [0.4, 0.5) is 0 Å². The van der Waals surface area contributed by atoms with Crippen molar-refractivity contribution in [1.82, 2.24) is 4.72 Å². The highest BCUT2D eigenvalue weighted by molar-refractivity contribution is 7.97. The van der Waals surface area contributed by atoms with Gasteiger partial charge in [-0.2, -0.15) is 0 Å². The van der Waals surface area contributed by atoms with Crippen LogP contribution in [0.25, 0.3) is 11.1 Å². The fourth-order valence-electron chi connectivity index (χ4n) is 5.63. The molecule has 1 N–H and O–H groups in total. The van der Waals surface area contributed by atoms with E-state index in [2.05, 4.69) is 67.1 Å². The Kier molecular flexibility index (Phi) is 9.88. The normalized spacial score (nSPS) is 17.8. The Bertz CT molecular complexity index is 1350. The molecule has 0 unspecified atom stereocenters. The highest BCUT2D eigenvalue weighted by Crippen LogP contribution is 2.39. The number of amidine groups is 1. The third-order valence-corrected chi connectivity index (χ3v) is 9.03. The molecular weight excluding hydrogens is 530 g/mol. The van der Waals surface area contributed by atoms with Crippen molar-refractivity contribution >= 4 is 23.7 Å². The zero-order chi connectivity index (χ0) is 28.7. The number of rotatable bonds is 12. The Labute approximate surface area is 249 Å². The van der Waals surface area contributed by atoms with E-state index in [1.54, 1.807) is 11.9 Å². The van der Waals surface area contributed by atoms with Crippen molar-refractivity contribution in [2.45, 2.75) is 96.3 Å². The minimum atomic E-state index is -0.230. The fraction of sp³-hybridized carbons (Fsp3) is 0.471. The molecule has 0 aromatic heterocycles. The standard InChI is InChI=1S/C34H43N3O3S/c1-5-7-14-32-35-33(34(36-32)18-10-11-19-34)40-22-26-15-16-28(27(21-26)23-38-6-2)29-12-8-9-13-31(29)41-37-30-17-20-39-25(4)24(30)3/h8-9,12-13,15-17,21,37H,5-7,10-11,14,18-20,22-23H2,1-4H3. The third kappa shape index (κ3) is 6.90. The van der Waals surface area contributed by atoms with Crippen molar-refractivity contribution in [3.8, 4) is 11.1 Å². The van der Waals surface area contributed by atoms with Crippen LogP contribution in [-0.4, -0.2) is 30.5 Å². The maximum absolute atomic E-state index is 6.45. The number of unbranched alkanes of at least 4 members (excludes halogenated alkanes) is 1. The molecular formula is C34H43N3O3S. The lowest BCUT2D eigenvalue weighted by Gasteiger charge is -2.22. The van der Waals surface area contributed by atoms with Gasteiger partial charge in [-0.25, -0.2) is 4.99 Å². The molecule has 218 valence electrons. The van der Waals surface area contributed by atoms with Gasteiger partial charge in [-0.1, -0.05) is 56.5 Å². The second-order valence-corrected chi connectivity index (χ2v) is 11.9. The minimum Gasteiger partial charge on any atom is -0.494 e. The summed E-state index contributed by atoms with van der Waals surface area (Å²) >= 11 is 1.63. The largest absolute Gasteiger partial charge is 0.494 e. The van der Waals surface area contributed by atoms with E-state index in [0.717, 1.165) is 76.9 Å². The first kappa shape index (κ1) is 29.5. The van der Waals surface area contributed by atoms with Gasteiger partial charge < -0.3 is 18.9 Å². The van der Waals surface area contributed by atoms with Crippen molar-refractivity contribution in [2.75, 3.05) is 13.2 Å². The van der Waals surface area contributed by atoms with Crippen molar-refractivity contribution in [1.29, 1.82) is 0 Å². The molecule has 7 heteroatoms. The monoisotopic (exact) mass is 573 g/mol. The molecule has 0 amide bonds. The molecule has 0 atom stereocenters. The number of benzene rings is 2. The van der Waals surface area contributed by atoms with E-state index < -0.39 is 0 Å². The lowest BCUT2D eigenvalue weighted by molar-refractivity contribution is 0.134. The zero-order valence-corrected chi connectivity index (χ0v) is 25.7. The molecule has 2 aromatic carbocycles. The second-order valence-electron chi connectivity index (χ2n) is 11.0. The summed E-state index contributed by atoms with van der Waals surface area (Å²) in [7, 11) is 0. The molecule has 41 heavy (non-hydrogen) atoms. The maximum Gasteiger partial charge on any atom is 0.218 e. The van der Waals surface area contributed by atoms with E-state index in [1.807, 2.05) is 13.8 Å². The van der Waals surface area contributed by atoms with Gasteiger partial charge >= 0.3 is 0 Å². The molecule has 0 radical (unpaired) electrons. The average Bonchev–Trinajstić information content (AvgIpc) is 3.61. The van der Waals surface area contributed by atoms with E-state index in [1.165, 1.54) is 24.0 Å². The van der Waals surface area contributed by atoms with Crippen LogP contribution in [0.3, 0.4) is 0 Å². The highest BCUT2D eigenvalue weighted by Gasteiger charge is 2.44. The Morgan fingerprint density at radius 1 is 1.02 bits per heavy atom. The molecule has 0 saturated heterocycles. The van der Waals surface area contributed by atoms with E-state index in [4.69, 9.17) is 24.2 Å². The van der Waals surface area contributed by atoms with Crippen LogP contribution in [0.5, 0.6) is 0 Å². The van der Waals surface area contributed by atoms with Gasteiger partial charge in [0.1, 0.15) is 24.6 Å². The molecule has 1 spiro atoms. The highest BCUT2D eigenvalue weighted by atomic mass is 32.2. The van der Waals surface area contributed by atoms with E-state index in [9.17, 15) is 0 Å². The average molecular weight is 574 g/mol. The van der Waals surface area contributed by atoms with Crippen LogP contribution in [0, 0.1) is 0 Å². The van der Waals surface area contributed by atoms with Gasteiger partial charge in [0.15, 0.2) is 0 Å². The van der Waals surface area contributed by atoms with Crippen LogP contribution >= 0.6 is 11.9 Å². The Morgan fingerprint density at radius 3 is 2.66 bits per heavy atom. The summed E-state index contributed by atoms with van der Waals surface area (Å²) < 4.78 is 21.6. The van der Waals surface area contributed by atoms with Crippen molar-refractivity contribution < 1.29 is 14.2 Å². The summed E-state index contributed by atoms with van der Waals surface area (Å²) in [5.74, 6) is 2.76. The van der Waals surface area contributed by atoms with Crippen LogP contribution in [0.15, 0.2) is 80.5 Å². The first-order valence-corrected chi connectivity index (χ1v) is 15.9. The lowest BCUT2D eigenvalue weighted by atomic mass is 9.97. The van der Waals surface area contributed by atoms with Crippen molar-refractivity contribution in [3.63, 3.8) is 0 Å². The first-order chi connectivity index (χ1) is 20.0. The summed E-state index contributed by atoms with van der Waals surface area (Å²) in [5, 5.41) is 0. The van der Waals surface area contributed by atoms with Gasteiger partial charge in [-0.15, -0.1) is 0 Å².